The van der Waals surface area contributed by atoms with E-state index in [9.17, 15) is 9.59 Å². The van der Waals surface area contributed by atoms with E-state index in [0.29, 0.717) is 37.5 Å². The minimum absolute atomic E-state index is 0.232. The SMILES string of the molecule is CC(C)Cc1ncc(NC(=O)N2CCC(C(=O)O)CC2)cn1. The van der Waals surface area contributed by atoms with E-state index in [1.807, 2.05) is 0 Å². The minimum Gasteiger partial charge on any atom is -0.481 e. The zero-order valence-corrected chi connectivity index (χ0v) is 13.0. The zero-order chi connectivity index (χ0) is 16.1. The molecule has 120 valence electrons. The Kier molecular flexibility index (Phi) is 5.30. The van der Waals surface area contributed by atoms with Gasteiger partial charge in [-0.2, -0.15) is 0 Å². The molecule has 0 radical (unpaired) electrons. The van der Waals surface area contributed by atoms with E-state index in [1.165, 1.54) is 0 Å². The van der Waals surface area contributed by atoms with Gasteiger partial charge in [0.15, 0.2) is 0 Å². The largest absolute Gasteiger partial charge is 0.481 e. The van der Waals surface area contributed by atoms with Crippen LogP contribution in [0.5, 0.6) is 0 Å². The third-order valence-electron chi connectivity index (χ3n) is 3.68. The summed E-state index contributed by atoms with van der Waals surface area (Å²) in [7, 11) is 0. The Hall–Kier alpha value is -2.18. The number of aliphatic carboxylic acids is 1. The molecule has 1 aliphatic rings. The van der Waals surface area contributed by atoms with E-state index >= 15 is 0 Å². The standard InChI is InChI=1S/C15H22N4O3/c1-10(2)7-13-16-8-12(9-17-13)18-15(22)19-5-3-11(4-6-19)14(20)21/h8-11H,3-7H2,1-2H3,(H,18,22)(H,20,21). The predicted molar refractivity (Wildman–Crippen MR) is 81.5 cm³/mol. The summed E-state index contributed by atoms with van der Waals surface area (Å²) in [5.41, 5.74) is 0.554. The fourth-order valence-corrected chi connectivity index (χ4v) is 2.42. The first kappa shape index (κ1) is 16.2. The number of aromatic nitrogens is 2. The van der Waals surface area contributed by atoms with Crippen molar-refractivity contribution in [3.63, 3.8) is 0 Å². The second kappa shape index (κ2) is 7.20. The molecule has 1 aromatic heterocycles. The molecule has 0 bridgehead atoms. The molecule has 2 rings (SSSR count). The molecule has 22 heavy (non-hydrogen) atoms. The Morgan fingerprint density at radius 1 is 1.32 bits per heavy atom. The summed E-state index contributed by atoms with van der Waals surface area (Å²) >= 11 is 0. The van der Waals surface area contributed by atoms with Gasteiger partial charge in [-0.05, 0) is 18.8 Å². The van der Waals surface area contributed by atoms with Crippen LogP contribution in [-0.2, 0) is 11.2 Å². The van der Waals surface area contributed by atoms with Gasteiger partial charge in [0.1, 0.15) is 5.82 Å². The summed E-state index contributed by atoms with van der Waals surface area (Å²) in [5, 5.41) is 11.7. The van der Waals surface area contributed by atoms with E-state index in [0.717, 1.165) is 12.2 Å². The van der Waals surface area contributed by atoms with E-state index < -0.39 is 5.97 Å². The Morgan fingerprint density at radius 2 is 1.91 bits per heavy atom. The summed E-state index contributed by atoms with van der Waals surface area (Å²) in [4.78, 5) is 33.1. The lowest BCUT2D eigenvalue weighted by molar-refractivity contribution is -0.143. The number of anilines is 1. The van der Waals surface area contributed by atoms with E-state index in [2.05, 4.69) is 29.1 Å². The van der Waals surface area contributed by atoms with Crippen molar-refractivity contribution in [3.05, 3.63) is 18.2 Å². The Balaban J connectivity index is 1.86. The number of rotatable bonds is 4. The highest BCUT2D eigenvalue weighted by molar-refractivity contribution is 5.89. The summed E-state index contributed by atoms with van der Waals surface area (Å²) in [6.07, 6.45) is 5.00. The number of hydrogen-bond donors (Lipinski definition) is 2. The number of carboxylic acids is 1. The fourth-order valence-electron chi connectivity index (χ4n) is 2.42. The van der Waals surface area contributed by atoms with Gasteiger partial charge in [0.05, 0.1) is 24.0 Å². The van der Waals surface area contributed by atoms with Crippen LogP contribution in [0.15, 0.2) is 12.4 Å². The third kappa shape index (κ3) is 4.41. The quantitative estimate of drug-likeness (QED) is 0.887. The molecule has 7 nitrogen and oxygen atoms in total. The number of carbonyl (C=O) groups excluding carboxylic acids is 1. The number of carbonyl (C=O) groups is 2. The van der Waals surface area contributed by atoms with Crippen LogP contribution in [0.3, 0.4) is 0 Å². The lowest BCUT2D eigenvalue weighted by atomic mass is 9.97. The Morgan fingerprint density at radius 3 is 2.41 bits per heavy atom. The average Bonchev–Trinajstić information content (AvgIpc) is 2.49. The highest BCUT2D eigenvalue weighted by Gasteiger charge is 2.26. The van der Waals surface area contributed by atoms with Crippen molar-refractivity contribution in [1.29, 1.82) is 0 Å². The molecular formula is C15H22N4O3. The van der Waals surface area contributed by atoms with Crippen LogP contribution < -0.4 is 5.32 Å². The van der Waals surface area contributed by atoms with Gasteiger partial charge in [-0.25, -0.2) is 14.8 Å². The van der Waals surface area contributed by atoms with Crippen molar-refractivity contribution in [2.45, 2.75) is 33.1 Å². The summed E-state index contributed by atoms with van der Waals surface area (Å²) in [6, 6.07) is -0.232. The van der Waals surface area contributed by atoms with Crippen molar-refractivity contribution in [1.82, 2.24) is 14.9 Å². The van der Waals surface area contributed by atoms with E-state index in [4.69, 9.17) is 5.11 Å². The molecule has 1 aliphatic heterocycles. The van der Waals surface area contributed by atoms with Crippen LogP contribution >= 0.6 is 0 Å². The first-order chi connectivity index (χ1) is 10.5. The van der Waals surface area contributed by atoms with Gasteiger partial charge in [-0.15, -0.1) is 0 Å². The number of piperidine rings is 1. The van der Waals surface area contributed by atoms with Crippen molar-refractivity contribution in [2.75, 3.05) is 18.4 Å². The monoisotopic (exact) mass is 306 g/mol. The number of nitrogens with zero attached hydrogens (tertiary/aromatic N) is 3. The van der Waals surface area contributed by atoms with Gasteiger partial charge in [0.2, 0.25) is 0 Å². The number of hydrogen-bond acceptors (Lipinski definition) is 4. The van der Waals surface area contributed by atoms with Crippen molar-refractivity contribution < 1.29 is 14.7 Å². The first-order valence-electron chi connectivity index (χ1n) is 7.55. The molecule has 1 aromatic rings. The molecule has 2 amide bonds. The number of urea groups is 1. The molecule has 2 N–H and O–H groups in total. The van der Waals surface area contributed by atoms with Crippen molar-refractivity contribution >= 4 is 17.7 Å². The van der Waals surface area contributed by atoms with Gasteiger partial charge >= 0.3 is 12.0 Å². The fraction of sp³-hybridized carbons (Fsp3) is 0.600. The molecule has 2 heterocycles. The molecular weight excluding hydrogens is 284 g/mol. The molecule has 0 aliphatic carbocycles. The van der Waals surface area contributed by atoms with Crippen LogP contribution in [0.1, 0.15) is 32.5 Å². The smallest absolute Gasteiger partial charge is 0.321 e. The second-order valence-corrected chi connectivity index (χ2v) is 6.02. The Bertz CT molecular complexity index is 522. The van der Waals surface area contributed by atoms with E-state index in [-0.39, 0.29) is 11.9 Å². The van der Waals surface area contributed by atoms with Gasteiger partial charge in [-0.3, -0.25) is 4.79 Å². The number of amides is 2. The molecule has 7 heteroatoms. The molecule has 1 saturated heterocycles. The molecule has 0 atom stereocenters. The molecule has 0 aromatic carbocycles. The molecule has 0 spiro atoms. The average molecular weight is 306 g/mol. The first-order valence-corrected chi connectivity index (χ1v) is 7.55. The zero-order valence-electron chi connectivity index (χ0n) is 13.0. The van der Waals surface area contributed by atoms with Crippen LogP contribution in [-0.4, -0.2) is 45.1 Å². The predicted octanol–water partition coefficient (Wildman–Crippen LogP) is 2.00. The van der Waals surface area contributed by atoms with Crippen LogP contribution in [0.25, 0.3) is 0 Å². The molecule has 1 fully saturated rings. The second-order valence-electron chi connectivity index (χ2n) is 6.02. The minimum atomic E-state index is -0.783. The van der Waals surface area contributed by atoms with Gasteiger partial charge in [0.25, 0.3) is 0 Å². The van der Waals surface area contributed by atoms with Crippen LogP contribution in [0.2, 0.25) is 0 Å². The van der Waals surface area contributed by atoms with Crippen molar-refractivity contribution in [2.24, 2.45) is 11.8 Å². The maximum atomic E-state index is 12.1. The van der Waals surface area contributed by atoms with Gasteiger partial charge < -0.3 is 15.3 Å². The van der Waals surface area contributed by atoms with Crippen LogP contribution in [0, 0.1) is 11.8 Å². The lowest BCUT2D eigenvalue weighted by Crippen LogP contribution is -2.42. The van der Waals surface area contributed by atoms with E-state index in [1.54, 1.807) is 17.3 Å². The topological polar surface area (TPSA) is 95.4 Å². The van der Waals surface area contributed by atoms with Gasteiger partial charge in [0, 0.05) is 19.5 Å². The number of nitrogens with one attached hydrogen (secondary N) is 1. The van der Waals surface area contributed by atoms with Crippen LogP contribution in [0.4, 0.5) is 10.5 Å². The van der Waals surface area contributed by atoms with Crippen molar-refractivity contribution in [3.8, 4) is 0 Å². The molecule has 0 unspecified atom stereocenters. The third-order valence-corrected chi connectivity index (χ3v) is 3.68. The maximum absolute atomic E-state index is 12.1. The number of likely N-dealkylation sites (tertiary alicyclic amines) is 1. The maximum Gasteiger partial charge on any atom is 0.321 e. The highest BCUT2D eigenvalue weighted by Crippen LogP contribution is 2.18. The highest BCUT2D eigenvalue weighted by atomic mass is 16.4. The lowest BCUT2D eigenvalue weighted by Gasteiger charge is -2.30. The normalized spacial score (nSPS) is 15.9. The summed E-state index contributed by atoms with van der Waals surface area (Å²) in [5.74, 6) is 0.114. The van der Waals surface area contributed by atoms with Gasteiger partial charge in [-0.1, -0.05) is 13.8 Å². The Labute approximate surface area is 129 Å². The summed E-state index contributed by atoms with van der Waals surface area (Å²) < 4.78 is 0. The summed E-state index contributed by atoms with van der Waals surface area (Å²) in [6.45, 7) is 5.10. The number of carboxylic acid groups (broad SMARTS) is 1. The molecule has 0 saturated carbocycles.